The van der Waals surface area contributed by atoms with E-state index in [1.807, 2.05) is 12.3 Å². The average Bonchev–Trinajstić information content (AvgIpc) is 3.68. The van der Waals surface area contributed by atoms with Crippen LogP contribution >= 0.6 is 0 Å². The first kappa shape index (κ1) is 30.8. The summed E-state index contributed by atoms with van der Waals surface area (Å²) in [5.74, 6) is 0. The summed E-state index contributed by atoms with van der Waals surface area (Å²) in [6.07, 6.45) is 1.92. The van der Waals surface area contributed by atoms with Gasteiger partial charge >= 0.3 is 0 Å². The Balaban J connectivity index is 1.25. The van der Waals surface area contributed by atoms with E-state index in [2.05, 4.69) is 170 Å². The molecule has 0 saturated carbocycles. The molecule has 4 nitrogen and oxygen atoms in total. The minimum absolute atomic E-state index is 0.869. The molecule has 0 radical (unpaired) electrons. The van der Waals surface area contributed by atoms with Crippen LogP contribution in [0.2, 0.25) is 0 Å². The molecule has 0 N–H and O–H groups in total. The molecule has 8 aromatic carbocycles. The fourth-order valence-electron chi connectivity index (χ4n) is 8.78. The maximum atomic E-state index is 5.33. The molecule has 11 rings (SSSR count). The van der Waals surface area contributed by atoms with Crippen molar-refractivity contribution in [2.45, 2.75) is 27.7 Å². The van der Waals surface area contributed by atoms with Crippen molar-refractivity contribution < 1.29 is 0 Å². The van der Waals surface area contributed by atoms with E-state index < -0.39 is 0 Å². The molecule has 11 aromatic rings. The molecule has 0 bridgehead atoms. The Morgan fingerprint density at radius 1 is 0.370 bits per heavy atom. The van der Waals surface area contributed by atoms with Crippen molar-refractivity contribution in [3.05, 3.63) is 168 Å². The number of aryl methyl sites for hydroxylation is 4. The molecule has 0 fully saturated rings. The van der Waals surface area contributed by atoms with E-state index in [1.54, 1.807) is 0 Å². The van der Waals surface area contributed by atoms with Gasteiger partial charge in [-0.3, -0.25) is 4.98 Å². The Hall–Kier alpha value is -6.78. The van der Waals surface area contributed by atoms with E-state index in [4.69, 9.17) is 9.97 Å². The molecular formula is C50H36N4. The van der Waals surface area contributed by atoms with E-state index >= 15 is 0 Å². The van der Waals surface area contributed by atoms with E-state index in [9.17, 15) is 0 Å². The SMILES string of the molecule is Cc1ccc2c(c1)c1cc(C)ccc1n2-c1ccc2c(c1)c1cc(-n3c4ccc(C)cc4c4cc(C)ccc43)ccc1c1nc(-c3ccccc3)cnc21. The van der Waals surface area contributed by atoms with Gasteiger partial charge in [0.2, 0.25) is 0 Å². The number of hydrogen-bond acceptors (Lipinski definition) is 2. The predicted octanol–water partition coefficient (Wildman–Crippen LogP) is 13.0. The molecule has 0 amide bonds. The normalized spacial score (nSPS) is 12.1. The van der Waals surface area contributed by atoms with Gasteiger partial charge in [0.1, 0.15) is 0 Å². The van der Waals surface area contributed by atoms with Gasteiger partial charge in [-0.1, -0.05) is 89.0 Å². The van der Waals surface area contributed by atoms with Crippen molar-refractivity contribution in [3.8, 4) is 22.6 Å². The standard InChI is InChI=1S/C50H36N4/c1-29-10-18-45-40(22-29)41-23-30(2)11-19-46(41)53(45)34-14-16-36-38(26-34)39-27-35(54-47-20-12-31(3)24-42(47)43-25-32(4)13-21-48(43)54)15-17-37(39)50-49(36)51-28-44(52-50)33-8-6-5-7-9-33/h5-28H,1-4H3. The first-order chi connectivity index (χ1) is 26.4. The van der Waals surface area contributed by atoms with Crippen LogP contribution in [0.25, 0.3) is 98.8 Å². The van der Waals surface area contributed by atoms with E-state index in [0.717, 1.165) is 55.2 Å². The summed E-state index contributed by atoms with van der Waals surface area (Å²) in [5.41, 5.74) is 15.8. The zero-order valence-electron chi connectivity index (χ0n) is 30.6. The zero-order valence-corrected chi connectivity index (χ0v) is 30.6. The topological polar surface area (TPSA) is 35.6 Å². The Morgan fingerprint density at radius 2 is 0.796 bits per heavy atom. The largest absolute Gasteiger partial charge is 0.309 e. The minimum Gasteiger partial charge on any atom is -0.309 e. The lowest BCUT2D eigenvalue weighted by Gasteiger charge is -2.15. The van der Waals surface area contributed by atoms with Crippen molar-refractivity contribution in [2.24, 2.45) is 0 Å². The fraction of sp³-hybridized carbons (Fsp3) is 0.0800. The molecule has 54 heavy (non-hydrogen) atoms. The second-order valence-electron chi connectivity index (χ2n) is 15.0. The third kappa shape index (κ3) is 4.50. The van der Waals surface area contributed by atoms with Gasteiger partial charge < -0.3 is 9.13 Å². The highest BCUT2D eigenvalue weighted by Crippen LogP contribution is 2.40. The Labute approximate surface area is 312 Å². The maximum absolute atomic E-state index is 5.33. The Kier molecular flexibility index (Phi) is 6.48. The number of nitrogens with zero attached hydrogens (tertiary/aromatic N) is 4. The molecule has 0 saturated heterocycles. The summed E-state index contributed by atoms with van der Waals surface area (Å²) in [4.78, 5) is 10.5. The van der Waals surface area contributed by atoms with Crippen LogP contribution in [0.1, 0.15) is 22.3 Å². The highest BCUT2D eigenvalue weighted by molar-refractivity contribution is 6.24. The first-order valence-corrected chi connectivity index (χ1v) is 18.6. The smallest absolute Gasteiger partial charge is 0.0979 e. The van der Waals surface area contributed by atoms with Crippen molar-refractivity contribution in [1.82, 2.24) is 19.1 Å². The first-order valence-electron chi connectivity index (χ1n) is 18.6. The second kappa shape index (κ2) is 11.4. The van der Waals surface area contributed by atoms with Gasteiger partial charge in [0.15, 0.2) is 0 Å². The van der Waals surface area contributed by atoms with E-state index in [-0.39, 0.29) is 0 Å². The molecule has 0 atom stereocenters. The average molecular weight is 693 g/mol. The Bertz CT molecular complexity index is 3250. The summed E-state index contributed by atoms with van der Waals surface area (Å²) >= 11 is 0. The van der Waals surface area contributed by atoms with Crippen LogP contribution in [-0.2, 0) is 0 Å². The highest BCUT2D eigenvalue weighted by Gasteiger charge is 2.19. The molecule has 0 aliphatic rings. The zero-order chi connectivity index (χ0) is 36.2. The Morgan fingerprint density at radius 3 is 1.24 bits per heavy atom. The van der Waals surface area contributed by atoms with Gasteiger partial charge in [-0.05, 0) is 111 Å². The van der Waals surface area contributed by atoms with E-state index in [0.29, 0.717) is 0 Å². The highest BCUT2D eigenvalue weighted by atomic mass is 15.0. The number of aromatic nitrogens is 4. The predicted molar refractivity (Wildman–Crippen MR) is 228 cm³/mol. The third-order valence-electron chi connectivity index (χ3n) is 11.3. The summed E-state index contributed by atoms with van der Waals surface area (Å²) < 4.78 is 4.84. The van der Waals surface area contributed by atoms with Crippen LogP contribution in [-0.4, -0.2) is 19.1 Å². The van der Waals surface area contributed by atoms with Crippen LogP contribution in [0, 0.1) is 27.7 Å². The van der Waals surface area contributed by atoms with Crippen molar-refractivity contribution in [3.63, 3.8) is 0 Å². The lowest BCUT2D eigenvalue weighted by atomic mass is 9.98. The molecule has 0 spiro atoms. The third-order valence-corrected chi connectivity index (χ3v) is 11.3. The van der Waals surface area contributed by atoms with Gasteiger partial charge in [0.25, 0.3) is 0 Å². The quantitative estimate of drug-likeness (QED) is 0.173. The van der Waals surface area contributed by atoms with Gasteiger partial charge in [-0.15, -0.1) is 0 Å². The van der Waals surface area contributed by atoms with Crippen molar-refractivity contribution in [1.29, 1.82) is 0 Å². The van der Waals surface area contributed by atoms with Crippen LogP contribution in [0.4, 0.5) is 0 Å². The minimum atomic E-state index is 0.869. The lowest BCUT2D eigenvalue weighted by Crippen LogP contribution is -1.98. The number of fused-ring (bicyclic) bond motifs is 12. The van der Waals surface area contributed by atoms with Crippen LogP contribution in [0.3, 0.4) is 0 Å². The fourth-order valence-corrected chi connectivity index (χ4v) is 8.78. The number of benzene rings is 8. The molecule has 3 heterocycles. The lowest BCUT2D eigenvalue weighted by molar-refractivity contribution is 1.18. The molecule has 4 heteroatoms. The summed E-state index contributed by atoms with van der Waals surface area (Å²) in [7, 11) is 0. The van der Waals surface area contributed by atoms with E-state index in [1.165, 1.54) is 65.9 Å². The second-order valence-corrected chi connectivity index (χ2v) is 15.0. The van der Waals surface area contributed by atoms with Crippen molar-refractivity contribution >= 4 is 76.2 Å². The van der Waals surface area contributed by atoms with Crippen molar-refractivity contribution in [2.75, 3.05) is 0 Å². The van der Waals surface area contributed by atoms with Gasteiger partial charge in [-0.25, -0.2) is 4.98 Å². The summed E-state index contributed by atoms with van der Waals surface area (Å²) in [6, 6.07) is 51.3. The molecule has 0 aliphatic heterocycles. The summed E-state index contributed by atoms with van der Waals surface area (Å²) in [6.45, 7) is 8.70. The van der Waals surface area contributed by atoms with Crippen LogP contribution in [0.15, 0.2) is 146 Å². The van der Waals surface area contributed by atoms with Crippen LogP contribution in [0.5, 0.6) is 0 Å². The maximum Gasteiger partial charge on any atom is 0.0979 e. The van der Waals surface area contributed by atoms with Gasteiger partial charge in [0, 0.05) is 49.3 Å². The molecule has 256 valence electrons. The molecule has 3 aromatic heterocycles. The number of rotatable bonds is 3. The van der Waals surface area contributed by atoms with Gasteiger partial charge in [-0.2, -0.15) is 0 Å². The molecular weight excluding hydrogens is 657 g/mol. The van der Waals surface area contributed by atoms with Crippen LogP contribution < -0.4 is 0 Å². The monoisotopic (exact) mass is 692 g/mol. The number of hydrogen-bond donors (Lipinski definition) is 0. The molecule has 0 aliphatic carbocycles. The molecule has 0 unspecified atom stereocenters. The van der Waals surface area contributed by atoms with Gasteiger partial charge in [0.05, 0.1) is 45.0 Å². The summed E-state index contributed by atoms with van der Waals surface area (Å²) in [5, 5.41) is 9.57.